The Hall–Kier alpha value is -2.09. The molecule has 3 rings (SSSR count). The second-order valence-corrected chi connectivity index (χ2v) is 9.66. The molecule has 0 aliphatic carbocycles. The van der Waals surface area contributed by atoms with Gasteiger partial charge in [-0.15, -0.1) is 0 Å². The van der Waals surface area contributed by atoms with Crippen molar-refractivity contribution in [1.82, 2.24) is 9.62 Å². The topological polar surface area (TPSA) is 75.7 Å². The minimum Gasteiger partial charge on any atom is -0.497 e. The summed E-state index contributed by atoms with van der Waals surface area (Å²) in [5, 5.41) is 3.18. The molecule has 2 aromatic carbocycles. The molecule has 6 nitrogen and oxygen atoms in total. The Bertz CT molecular complexity index is 987. The zero-order valence-corrected chi connectivity index (χ0v) is 18.8. The number of nitrogens with zero attached hydrogens (tertiary/aromatic N) is 1. The lowest BCUT2D eigenvalue weighted by Crippen LogP contribution is -2.35. The first-order valence-electron chi connectivity index (χ1n) is 10.1. The number of amides is 1. The average molecular weight is 451 g/mol. The van der Waals surface area contributed by atoms with Crippen LogP contribution >= 0.6 is 11.6 Å². The van der Waals surface area contributed by atoms with E-state index in [4.69, 9.17) is 16.3 Å². The highest BCUT2D eigenvalue weighted by Gasteiger charge is 2.27. The molecule has 30 heavy (non-hydrogen) atoms. The van der Waals surface area contributed by atoms with E-state index in [2.05, 4.69) is 5.32 Å². The molecule has 0 aromatic heterocycles. The zero-order chi connectivity index (χ0) is 21.7. The van der Waals surface area contributed by atoms with Crippen molar-refractivity contribution in [2.75, 3.05) is 20.2 Å². The van der Waals surface area contributed by atoms with Crippen molar-refractivity contribution in [1.29, 1.82) is 0 Å². The molecule has 162 valence electrons. The maximum atomic E-state index is 13.0. The van der Waals surface area contributed by atoms with Crippen LogP contribution in [0.3, 0.4) is 0 Å². The highest BCUT2D eigenvalue weighted by Crippen LogP contribution is 2.26. The molecule has 1 saturated heterocycles. The van der Waals surface area contributed by atoms with Crippen molar-refractivity contribution in [3.05, 3.63) is 58.6 Å². The van der Waals surface area contributed by atoms with Gasteiger partial charge in [0.05, 0.1) is 28.6 Å². The molecule has 0 bridgehead atoms. The number of hydrogen-bond acceptors (Lipinski definition) is 4. The molecule has 0 saturated carbocycles. The number of hydrogen-bond donors (Lipinski definition) is 1. The second-order valence-electron chi connectivity index (χ2n) is 7.31. The van der Waals surface area contributed by atoms with Gasteiger partial charge in [-0.2, -0.15) is 4.31 Å². The first-order valence-corrected chi connectivity index (χ1v) is 11.9. The summed E-state index contributed by atoms with van der Waals surface area (Å²) in [6.45, 7) is 2.97. The highest BCUT2D eigenvalue weighted by atomic mass is 35.5. The molecule has 0 radical (unpaired) electrons. The van der Waals surface area contributed by atoms with Gasteiger partial charge in [-0.1, -0.05) is 37.1 Å². The molecular weight excluding hydrogens is 424 g/mol. The normalized spacial score (nSPS) is 16.1. The molecule has 1 heterocycles. The minimum atomic E-state index is -3.65. The fraction of sp³-hybridized carbons (Fsp3) is 0.409. The van der Waals surface area contributed by atoms with Gasteiger partial charge in [-0.25, -0.2) is 8.42 Å². The van der Waals surface area contributed by atoms with E-state index >= 15 is 0 Å². The third-order valence-electron chi connectivity index (χ3n) is 5.37. The van der Waals surface area contributed by atoms with Crippen molar-refractivity contribution in [2.45, 2.75) is 43.5 Å². The van der Waals surface area contributed by atoms with Gasteiger partial charge >= 0.3 is 0 Å². The van der Waals surface area contributed by atoms with E-state index in [1.807, 2.05) is 31.2 Å². The largest absolute Gasteiger partial charge is 0.497 e. The van der Waals surface area contributed by atoms with Gasteiger partial charge in [-0.3, -0.25) is 4.79 Å². The second kappa shape index (κ2) is 9.81. The summed E-state index contributed by atoms with van der Waals surface area (Å²) < 4.78 is 32.6. The van der Waals surface area contributed by atoms with Crippen LogP contribution in [0, 0.1) is 0 Å². The molecule has 1 aliphatic rings. The van der Waals surface area contributed by atoms with Gasteiger partial charge in [0, 0.05) is 13.1 Å². The molecule has 1 amide bonds. The standard InChI is InChI=1S/C22H27ClN2O4S/c1-3-21(16-7-9-17(29-2)10-8-16)24-22(26)19-15-18(11-12-20(19)23)30(27,28)25-13-5-4-6-14-25/h7-12,15,21H,3-6,13-14H2,1-2H3,(H,24,26)/t21-/m0/s1. The SMILES string of the molecule is CC[C@H](NC(=O)c1cc(S(=O)(=O)N2CCCCC2)ccc1Cl)c1ccc(OC)cc1. The third-order valence-corrected chi connectivity index (χ3v) is 7.59. The summed E-state index contributed by atoms with van der Waals surface area (Å²) in [6, 6.07) is 11.5. The summed E-state index contributed by atoms with van der Waals surface area (Å²) in [4.78, 5) is 13.1. The number of methoxy groups -OCH3 is 1. The smallest absolute Gasteiger partial charge is 0.253 e. The number of piperidine rings is 1. The van der Waals surface area contributed by atoms with E-state index in [9.17, 15) is 13.2 Å². The molecule has 1 N–H and O–H groups in total. The lowest BCUT2D eigenvalue weighted by atomic mass is 10.0. The lowest BCUT2D eigenvalue weighted by molar-refractivity contribution is 0.0935. The van der Waals surface area contributed by atoms with Crippen LogP contribution in [0.1, 0.15) is 54.6 Å². The Kier molecular flexibility index (Phi) is 7.39. The summed E-state index contributed by atoms with van der Waals surface area (Å²) >= 11 is 6.25. The van der Waals surface area contributed by atoms with E-state index in [1.165, 1.54) is 22.5 Å². The van der Waals surface area contributed by atoms with Crippen LogP contribution in [-0.2, 0) is 10.0 Å². The van der Waals surface area contributed by atoms with Crippen molar-refractivity contribution >= 4 is 27.5 Å². The molecule has 8 heteroatoms. The summed E-state index contributed by atoms with van der Waals surface area (Å²) in [5.74, 6) is 0.331. The molecule has 1 aliphatic heterocycles. The van der Waals surface area contributed by atoms with Gasteiger partial charge in [0.2, 0.25) is 10.0 Å². The number of carbonyl (C=O) groups is 1. The molecular formula is C22H27ClN2O4S. The molecule has 1 fully saturated rings. The van der Waals surface area contributed by atoms with Crippen LogP contribution < -0.4 is 10.1 Å². The Balaban J connectivity index is 1.83. The first-order chi connectivity index (χ1) is 14.4. The van der Waals surface area contributed by atoms with E-state index in [-0.39, 0.29) is 21.5 Å². The predicted octanol–water partition coefficient (Wildman–Crippen LogP) is 4.40. The Morgan fingerprint density at radius 2 is 1.80 bits per heavy atom. The lowest BCUT2D eigenvalue weighted by Gasteiger charge is -2.26. The van der Waals surface area contributed by atoms with Gasteiger partial charge < -0.3 is 10.1 Å². The van der Waals surface area contributed by atoms with Crippen molar-refractivity contribution in [3.63, 3.8) is 0 Å². The van der Waals surface area contributed by atoms with Crippen LogP contribution in [0.4, 0.5) is 0 Å². The van der Waals surface area contributed by atoms with Crippen LogP contribution in [0.15, 0.2) is 47.4 Å². The number of ether oxygens (including phenoxy) is 1. The average Bonchev–Trinajstić information content (AvgIpc) is 2.78. The van der Waals surface area contributed by atoms with Crippen LogP contribution in [0.5, 0.6) is 5.75 Å². The summed E-state index contributed by atoms with van der Waals surface area (Å²) in [7, 11) is -2.05. The monoisotopic (exact) mass is 450 g/mol. The van der Waals surface area contributed by atoms with Gasteiger partial charge in [0.15, 0.2) is 0 Å². The Labute approximate surface area is 183 Å². The quantitative estimate of drug-likeness (QED) is 0.678. The van der Waals surface area contributed by atoms with Gasteiger partial charge in [0.25, 0.3) is 5.91 Å². The summed E-state index contributed by atoms with van der Waals surface area (Å²) in [6.07, 6.45) is 3.39. The van der Waals surface area contributed by atoms with E-state index < -0.39 is 15.9 Å². The number of halogens is 1. The first kappa shape index (κ1) is 22.6. The van der Waals surface area contributed by atoms with Gasteiger partial charge in [-0.05, 0) is 55.2 Å². The molecule has 0 unspecified atom stereocenters. The predicted molar refractivity (Wildman–Crippen MR) is 118 cm³/mol. The van der Waals surface area contributed by atoms with Crippen molar-refractivity contribution in [3.8, 4) is 5.75 Å². The van der Waals surface area contributed by atoms with Crippen LogP contribution in [0.25, 0.3) is 0 Å². The van der Waals surface area contributed by atoms with E-state index in [0.29, 0.717) is 19.5 Å². The Morgan fingerprint density at radius 3 is 2.40 bits per heavy atom. The molecule has 0 spiro atoms. The maximum absolute atomic E-state index is 13.0. The summed E-state index contributed by atoms with van der Waals surface area (Å²) in [5.41, 5.74) is 1.08. The third kappa shape index (κ3) is 4.96. The number of sulfonamides is 1. The van der Waals surface area contributed by atoms with E-state index in [1.54, 1.807) is 7.11 Å². The Morgan fingerprint density at radius 1 is 1.13 bits per heavy atom. The van der Waals surface area contributed by atoms with Gasteiger partial charge in [0.1, 0.15) is 5.75 Å². The number of carbonyl (C=O) groups excluding carboxylic acids is 1. The number of nitrogens with one attached hydrogen (secondary N) is 1. The van der Waals surface area contributed by atoms with E-state index in [0.717, 1.165) is 30.6 Å². The fourth-order valence-electron chi connectivity index (χ4n) is 3.59. The molecule has 1 atom stereocenters. The van der Waals surface area contributed by atoms with Crippen LogP contribution in [-0.4, -0.2) is 38.8 Å². The maximum Gasteiger partial charge on any atom is 0.253 e. The van der Waals surface area contributed by atoms with Crippen molar-refractivity contribution in [2.24, 2.45) is 0 Å². The minimum absolute atomic E-state index is 0.0939. The van der Waals surface area contributed by atoms with Crippen LogP contribution in [0.2, 0.25) is 5.02 Å². The highest BCUT2D eigenvalue weighted by molar-refractivity contribution is 7.89. The fourth-order valence-corrected chi connectivity index (χ4v) is 5.33. The van der Waals surface area contributed by atoms with Crippen molar-refractivity contribution < 1.29 is 17.9 Å². The molecule has 2 aromatic rings. The number of benzene rings is 2. The number of rotatable bonds is 7. The zero-order valence-electron chi connectivity index (χ0n) is 17.2.